The molecule has 1 aliphatic carbocycles. The van der Waals surface area contributed by atoms with Gasteiger partial charge in [-0.2, -0.15) is 4.98 Å². The smallest absolute Gasteiger partial charge is 0.308 e. The molecule has 2 atom stereocenters. The van der Waals surface area contributed by atoms with Gasteiger partial charge < -0.3 is 14.5 Å². The summed E-state index contributed by atoms with van der Waals surface area (Å²) in [6, 6.07) is 0. The highest BCUT2D eigenvalue weighted by atomic mass is 16.5. The molecule has 2 fully saturated rings. The number of carboxylic acid groups (broad SMARTS) is 1. The van der Waals surface area contributed by atoms with Crippen molar-refractivity contribution in [3.8, 4) is 0 Å². The van der Waals surface area contributed by atoms with E-state index in [1.54, 1.807) is 4.90 Å². The van der Waals surface area contributed by atoms with Crippen molar-refractivity contribution in [2.45, 2.75) is 45.4 Å². The first-order valence-electron chi connectivity index (χ1n) is 8.28. The number of aromatic nitrogens is 2. The Bertz CT molecular complexity index is 594. The molecule has 1 aromatic rings. The molecule has 7 heteroatoms. The maximum atomic E-state index is 12.4. The lowest BCUT2D eigenvalue weighted by atomic mass is 9.92. The van der Waals surface area contributed by atoms with E-state index in [0.29, 0.717) is 37.1 Å². The number of carbonyl (C=O) groups is 2. The molecule has 23 heavy (non-hydrogen) atoms. The van der Waals surface area contributed by atoms with E-state index in [-0.39, 0.29) is 24.2 Å². The zero-order chi connectivity index (χ0) is 16.6. The zero-order valence-electron chi connectivity index (χ0n) is 13.6. The lowest BCUT2D eigenvalue weighted by Crippen LogP contribution is -2.30. The summed E-state index contributed by atoms with van der Waals surface area (Å²) >= 11 is 0. The van der Waals surface area contributed by atoms with Gasteiger partial charge in [0, 0.05) is 31.8 Å². The van der Waals surface area contributed by atoms with E-state index in [1.165, 1.54) is 0 Å². The third-order valence-corrected chi connectivity index (χ3v) is 4.82. The fourth-order valence-electron chi connectivity index (χ4n) is 3.27. The van der Waals surface area contributed by atoms with Crippen LogP contribution in [0.4, 0.5) is 0 Å². The fourth-order valence-corrected chi connectivity index (χ4v) is 3.27. The van der Waals surface area contributed by atoms with E-state index >= 15 is 0 Å². The van der Waals surface area contributed by atoms with Crippen molar-refractivity contribution >= 4 is 11.9 Å². The summed E-state index contributed by atoms with van der Waals surface area (Å²) in [5.74, 6) is 0.688. The summed E-state index contributed by atoms with van der Waals surface area (Å²) < 4.78 is 5.14. The van der Waals surface area contributed by atoms with Crippen LogP contribution < -0.4 is 0 Å². The van der Waals surface area contributed by atoms with Gasteiger partial charge in [-0.25, -0.2) is 0 Å². The predicted molar refractivity (Wildman–Crippen MR) is 80.6 cm³/mol. The molecule has 7 nitrogen and oxygen atoms in total. The number of rotatable bonds is 6. The Kier molecular flexibility index (Phi) is 4.37. The minimum Gasteiger partial charge on any atom is -0.481 e. The van der Waals surface area contributed by atoms with Crippen LogP contribution in [-0.4, -0.2) is 45.1 Å². The molecule has 1 saturated heterocycles. The fraction of sp³-hybridized carbons (Fsp3) is 0.750. The van der Waals surface area contributed by atoms with Crippen LogP contribution in [0.1, 0.15) is 50.7 Å². The number of hydrogen-bond acceptors (Lipinski definition) is 5. The summed E-state index contributed by atoms with van der Waals surface area (Å²) in [6.45, 7) is 4.86. The third kappa shape index (κ3) is 3.54. The average molecular weight is 321 g/mol. The number of amides is 1. The van der Waals surface area contributed by atoms with Gasteiger partial charge >= 0.3 is 5.97 Å². The quantitative estimate of drug-likeness (QED) is 0.856. The minimum absolute atomic E-state index is 0.0244. The van der Waals surface area contributed by atoms with Gasteiger partial charge in [-0.1, -0.05) is 19.0 Å². The van der Waals surface area contributed by atoms with Gasteiger partial charge in [-0.3, -0.25) is 9.59 Å². The highest BCUT2D eigenvalue weighted by Gasteiger charge is 2.46. The molecule has 2 aliphatic rings. The van der Waals surface area contributed by atoms with Crippen molar-refractivity contribution in [3.05, 3.63) is 11.7 Å². The van der Waals surface area contributed by atoms with Crippen LogP contribution in [-0.2, 0) is 16.0 Å². The Morgan fingerprint density at radius 2 is 2.09 bits per heavy atom. The van der Waals surface area contributed by atoms with Crippen molar-refractivity contribution in [1.82, 2.24) is 15.0 Å². The normalized spacial score (nSPS) is 24.4. The monoisotopic (exact) mass is 321 g/mol. The highest BCUT2D eigenvalue weighted by molar-refractivity contribution is 5.79. The number of aryl methyl sites for hydroxylation is 1. The third-order valence-electron chi connectivity index (χ3n) is 4.82. The Morgan fingerprint density at radius 3 is 2.65 bits per heavy atom. The minimum atomic E-state index is -0.782. The summed E-state index contributed by atoms with van der Waals surface area (Å²) in [5, 5.41) is 13.2. The number of carboxylic acids is 1. The maximum absolute atomic E-state index is 12.4. The first kappa shape index (κ1) is 16.0. The zero-order valence-corrected chi connectivity index (χ0v) is 13.6. The number of aliphatic carboxylic acids is 1. The number of nitrogens with zero attached hydrogens (tertiary/aromatic N) is 3. The summed E-state index contributed by atoms with van der Waals surface area (Å²) in [6.07, 6.45) is 2.87. The molecule has 0 aromatic carbocycles. The van der Waals surface area contributed by atoms with E-state index in [1.807, 2.05) is 13.8 Å². The molecule has 0 unspecified atom stereocenters. The number of carbonyl (C=O) groups excluding carboxylic acids is 1. The second kappa shape index (κ2) is 6.29. The van der Waals surface area contributed by atoms with Crippen LogP contribution >= 0.6 is 0 Å². The first-order chi connectivity index (χ1) is 11.0. The van der Waals surface area contributed by atoms with Gasteiger partial charge in [0.2, 0.25) is 11.8 Å². The van der Waals surface area contributed by atoms with Crippen LogP contribution in [0, 0.1) is 17.8 Å². The van der Waals surface area contributed by atoms with E-state index in [2.05, 4.69) is 10.1 Å². The largest absolute Gasteiger partial charge is 0.481 e. The lowest BCUT2D eigenvalue weighted by Gasteiger charge is -2.15. The van der Waals surface area contributed by atoms with Gasteiger partial charge in [0.25, 0.3) is 0 Å². The van der Waals surface area contributed by atoms with Gasteiger partial charge in [-0.05, 0) is 24.7 Å². The molecule has 1 aliphatic heterocycles. The Morgan fingerprint density at radius 1 is 1.35 bits per heavy atom. The van der Waals surface area contributed by atoms with Crippen molar-refractivity contribution in [2.24, 2.45) is 17.8 Å². The summed E-state index contributed by atoms with van der Waals surface area (Å²) in [5.41, 5.74) is 0. The van der Waals surface area contributed by atoms with Crippen LogP contribution in [0.2, 0.25) is 0 Å². The molecule has 0 bridgehead atoms. The van der Waals surface area contributed by atoms with Crippen LogP contribution in [0.15, 0.2) is 4.52 Å². The molecule has 1 saturated carbocycles. The SMILES string of the molecule is CC(C)c1noc(CCC(=O)N2C[C@H](C(=O)O)[C@@H](C3CC3)C2)n1. The van der Waals surface area contributed by atoms with E-state index in [4.69, 9.17) is 4.52 Å². The number of hydrogen-bond donors (Lipinski definition) is 1. The molecule has 3 rings (SSSR count). The van der Waals surface area contributed by atoms with Crippen molar-refractivity contribution in [2.75, 3.05) is 13.1 Å². The second-order valence-electron chi connectivity index (χ2n) is 6.95. The van der Waals surface area contributed by atoms with Crippen LogP contribution in [0.25, 0.3) is 0 Å². The van der Waals surface area contributed by atoms with Crippen LogP contribution in [0.3, 0.4) is 0 Å². The molecule has 2 heterocycles. The molecular weight excluding hydrogens is 298 g/mol. The van der Waals surface area contributed by atoms with E-state index in [0.717, 1.165) is 12.8 Å². The first-order valence-corrected chi connectivity index (χ1v) is 8.28. The van der Waals surface area contributed by atoms with Gasteiger partial charge in [0.05, 0.1) is 5.92 Å². The topological polar surface area (TPSA) is 96.5 Å². The lowest BCUT2D eigenvalue weighted by molar-refractivity contribution is -0.142. The summed E-state index contributed by atoms with van der Waals surface area (Å²) in [7, 11) is 0. The molecule has 1 aromatic heterocycles. The average Bonchev–Trinajstić information content (AvgIpc) is 3.07. The standard InChI is InChI=1S/C16H23N3O4/c1-9(2)15-17-13(23-18-15)5-6-14(20)19-7-11(10-3-4-10)12(8-19)16(21)22/h9-12H,3-8H2,1-2H3,(H,21,22)/t11-,12+/m1/s1. The summed E-state index contributed by atoms with van der Waals surface area (Å²) in [4.78, 5) is 29.7. The molecular formula is C16H23N3O4. The molecule has 1 amide bonds. The van der Waals surface area contributed by atoms with Crippen molar-refractivity contribution in [1.29, 1.82) is 0 Å². The molecule has 126 valence electrons. The van der Waals surface area contributed by atoms with Crippen molar-refractivity contribution < 1.29 is 19.2 Å². The second-order valence-corrected chi connectivity index (χ2v) is 6.95. The van der Waals surface area contributed by atoms with E-state index in [9.17, 15) is 14.7 Å². The highest BCUT2D eigenvalue weighted by Crippen LogP contribution is 2.44. The maximum Gasteiger partial charge on any atom is 0.308 e. The van der Waals surface area contributed by atoms with Crippen LogP contribution in [0.5, 0.6) is 0 Å². The van der Waals surface area contributed by atoms with Gasteiger partial charge in [0.1, 0.15) is 0 Å². The Balaban J connectivity index is 1.54. The Labute approximate surface area is 135 Å². The molecule has 1 N–H and O–H groups in total. The number of likely N-dealkylation sites (tertiary alicyclic amines) is 1. The van der Waals surface area contributed by atoms with E-state index < -0.39 is 11.9 Å². The molecule has 0 radical (unpaired) electrons. The Hall–Kier alpha value is -1.92. The predicted octanol–water partition coefficient (Wildman–Crippen LogP) is 1.69. The molecule has 0 spiro atoms. The van der Waals surface area contributed by atoms with Gasteiger partial charge in [0.15, 0.2) is 5.82 Å². The van der Waals surface area contributed by atoms with Crippen molar-refractivity contribution in [3.63, 3.8) is 0 Å². The van der Waals surface area contributed by atoms with Gasteiger partial charge in [-0.15, -0.1) is 0 Å².